The third kappa shape index (κ3) is 3.22. The maximum absolute atomic E-state index is 11.6. The highest BCUT2D eigenvalue weighted by atomic mass is 32.2. The molecule has 0 spiro atoms. The van der Waals surface area contributed by atoms with E-state index in [-0.39, 0.29) is 18.4 Å². The first-order chi connectivity index (χ1) is 6.56. The molecule has 0 aliphatic carbocycles. The largest absolute Gasteiger partial charge is 0.378 e. The second-order valence-corrected chi connectivity index (χ2v) is 6.38. The lowest BCUT2D eigenvalue weighted by Gasteiger charge is -2.13. The first-order valence-electron chi connectivity index (χ1n) is 5.09. The summed E-state index contributed by atoms with van der Waals surface area (Å²) >= 11 is 0. The Morgan fingerprint density at radius 1 is 1.57 bits per heavy atom. The average molecular weight is 221 g/mol. The molecule has 0 radical (unpaired) electrons. The van der Waals surface area contributed by atoms with Gasteiger partial charge >= 0.3 is 0 Å². The van der Waals surface area contributed by atoms with Crippen molar-refractivity contribution >= 4 is 9.84 Å². The third-order valence-corrected chi connectivity index (χ3v) is 4.92. The molecule has 0 aromatic rings. The fraction of sp³-hybridized carbons (Fsp3) is 1.00. The van der Waals surface area contributed by atoms with Gasteiger partial charge in [0.05, 0.1) is 17.1 Å². The van der Waals surface area contributed by atoms with Gasteiger partial charge in [-0.2, -0.15) is 0 Å². The Morgan fingerprint density at radius 3 is 2.79 bits per heavy atom. The smallest absolute Gasteiger partial charge is 0.154 e. The fourth-order valence-corrected chi connectivity index (χ4v) is 2.80. The number of hydrogen-bond acceptors (Lipinski definition) is 4. The highest BCUT2D eigenvalue weighted by Crippen LogP contribution is 2.16. The van der Waals surface area contributed by atoms with Gasteiger partial charge in [-0.1, -0.05) is 0 Å². The molecule has 2 atom stereocenters. The Bertz CT molecular complexity index is 257. The number of ether oxygens (including phenoxy) is 1. The van der Waals surface area contributed by atoms with Crippen LogP contribution < -0.4 is 5.73 Å². The molecule has 2 unspecified atom stereocenters. The second kappa shape index (κ2) is 5.09. The summed E-state index contributed by atoms with van der Waals surface area (Å²) in [6.07, 6.45) is 2.81. The Labute approximate surface area is 85.7 Å². The van der Waals surface area contributed by atoms with Crippen molar-refractivity contribution in [2.45, 2.75) is 37.5 Å². The molecule has 1 aliphatic heterocycles. The summed E-state index contributed by atoms with van der Waals surface area (Å²) in [4.78, 5) is 0. The first-order valence-corrected chi connectivity index (χ1v) is 6.81. The zero-order valence-electron chi connectivity index (χ0n) is 8.61. The molecular formula is C9H19NO3S. The number of sulfone groups is 1. The van der Waals surface area contributed by atoms with Crippen molar-refractivity contribution in [1.82, 2.24) is 0 Å². The maximum atomic E-state index is 11.6. The Kier molecular flexibility index (Phi) is 4.34. The van der Waals surface area contributed by atoms with Crippen molar-refractivity contribution in [2.24, 2.45) is 5.73 Å². The van der Waals surface area contributed by atoms with Crippen LogP contribution in [0.2, 0.25) is 0 Å². The van der Waals surface area contributed by atoms with Gasteiger partial charge in [0, 0.05) is 13.2 Å². The van der Waals surface area contributed by atoms with E-state index in [1.165, 1.54) is 0 Å². The normalized spacial score (nSPS) is 25.1. The summed E-state index contributed by atoms with van der Waals surface area (Å²) in [5.41, 5.74) is 5.33. The van der Waals surface area contributed by atoms with E-state index in [0.29, 0.717) is 6.42 Å². The SMILES string of the molecule is CC(CN)S(=O)(=O)CCC1CCCO1. The molecule has 0 amide bonds. The monoisotopic (exact) mass is 221 g/mol. The fourth-order valence-electron chi connectivity index (χ4n) is 1.52. The number of hydrogen-bond donors (Lipinski definition) is 1. The van der Waals surface area contributed by atoms with E-state index in [2.05, 4.69) is 0 Å². The Hall–Kier alpha value is -0.130. The lowest BCUT2D eigenvalue weighted by molar-refractivity contribution is 0.109. The van der Waals surface area contributed by atoms with Gasteiger partial charge in [-0.3, -0.25) is 0 Å². The quantitative estimate of drug-likeness (QED) is 0.725. The summed E-state index contributed by atoms with van der Waals surface area (Å²) in [6.45, 7) is 2.63. The standard InChI is InChI=1S/C9H19NO3S/c1-8(7-10)14(11,12)6-4-9-3-2-5-13-9/h8-9H,2-7,10H2,1H3. The van der Waals surface area contributed by atoms with E-state index in [1.807, 2.05) is 0 Å². The molecular weight excluding hydrogens is 202 g/mol. The lowest BCUT2D eigenvalue weighted by Crippen LogP contribution is -2.30. The molecule has 1 saturated heterocycles. The predicted octanol–water partition coefficient (Wildman–Crippen LogP) is 0.317. The van der Waals surface area contributed by atoms with E-state index in [4.69, 9.17) is 10.5 Å². The molecule has 1 aliphatic rings. The van der Waals surface area contributed by atoms with Gasteiger partial charge in [-0.15, -0.1) is 0 Å². The first kappa shape index (κ1) is 11.9. The molecule has 0 bridgehead atoms. The third-order valence-electron chi connectivity index (χ3n) is 2.69. The van der Waals surface area contributed by atoms with Crippen molar-refractivity contribution in [3.63, 3.8) is 0 Å². The van der Waals surface area contributed by atoms with E-state index in [1.54, 1.807) is 6.92 Å². The van der Waals surface area contributed by atoms with Gasteiger partial charge in [0.1, 0.15) is 0 Å². The second-order valence-electron chi connectivity index (χ2n) is 3.84. The maximum Gasteiger partial charge on any atom is 0.154 e. The van der Waals surface area contributed by atoms with Crippen LogP contribution in [0.1, 0.15) is 26.2 Å². The molecule has 0 saturated carbocycles. The molecule has 5 heteroatoms. The van der Waals surface area contributed by atoms with Crippen LogP contribution in [-0.4, -0.2) is 38.7 Å². The summed E-state index contributed by atoms with van der Waals surface area (Å²) in [5, 5.41) is -0.427. The Balaban J connectivity index is 2.35. The van der Waals surface area contributed by atoms with Gasteiger partial charge in [-0.05, 0) is 26.2 Å². The summed E-state index contributed by atoms with van der Waals surface area (Å²) < 4.78 is 28.5. The van der Waals surface area contributed by atoms with E-state index in [0.717, 1.165) is 19.4 Å². The summed E-state index contributed by atoms with van der Waals surface area (Å²) in [6, 6.07) is 0. The minimum atomic E-state index is -3.00. The van der Waals surface area contributed by atoms with Crippen molar-refractivity contribution in [2.75, 3.05) is 18.9 Å². The van der Waals surface area contributed by atoms with Gasteiger partial charge in [0.2, 0.25) is 0 Å². The summed E-state index contributed by atoms with van der Waals surface area (Å²) in [7, 11) is -3.00. The molecule has 14 heavy (non-hydrogen) atoms. The van der Waals surface area contributed by atoms with Crippen LogP contribution >= 0.6 is 0 Å². The predicted molar refractivity (Wildman–Crippen MR) is 55.9 cm³/mol. The van der Waals surface area contributed by atoms with Crippen LogP contribution in [0.25, 0.3) is 0 Å². The number of rotatable bonds is 5. The zero-order valence-corrected chi connectivity index (χ0v) is 9.42. The topological polar surface area (TPSA) is 69.4 Å². The van der Waals surface area contributed by atoms with Crippen LogP contribution in [-0.2, 0) is 14.6 Å². The van der Waals surface area contributed by atoms with Crippen LogP contribution in [0.4, 0.5) is 0 Å². The molecule has 0 aromatic carbocycles. The molecule has 1 fully saturated rings. The van der Waals surface area contributed by atoms with Gasteiger partial charge in [0.15, 0.2) is 9.84 Å². The number of nitrogens with two attached hydrogens (primary N) is 1. The lowest BCUT2D eigenvalue weighted by atomic mass is 10.2. The van der Waals surface area contributed by atoms with E-state index in [9.17, 15) is 8.42 Å². The molecule has 0 aromatic heterocycles. The van der Waals surface area contributed by atoms with Crippen LogP contribution in [0, 0.1) is 0 Å². The van der Waals surface area contributed by atoms with Gasteiger partial charge in [0.25, 0.3) is 0 Å². The minimum Gasteiger partial charge on any atom is -0.378 e. The molecule has 1 heterocycles. The van der Waals surface area contributed by atoms with Crippen molar-refractivity contribution < 1.29 is 13.2 Å². The van der Waals surface area contributed by atoms with Crippen LogP contribution in [0.15, 0.2) is 0 Å². The van der Waals surface area contributed by atoms with E-state index < -0.39 is 15.1 Å². The summed E-state index contributed by atoms with van der Waals surface area (Å²) in [5.74, 6) is 0.204. The highest BCUT2D eigenvalue weighted by Gasteiger charge is 2.23. The van der Waals surface area contributed by atoms with Crippen LogP contribution in [0.5, 0.6) is 0 Å². The highest BCUT2D eigenvalue weighted by molar-refractivity contribution is 7.92. The van der Waals surface area contributed by atoms with Gasteiger partial charge in [-0.25, -0.2) is 8.42 Å². The minimum absolute atomic E-state index is 0.148. The Morgan fingerprint density at radius 2 is 2.29 bits per heavy atom. The molecule has 4 nitrogen and oxygen atoms in total. The molecule has 1 rings (SSSR count). The molecule has 84 valence electrons. The van der Waals surface area contributed by atoms with Crippen molar-refractivity contribution in [3.05, 3.63) is 0 Å². The van der Waals surface area contributed by atoms with Crippen molar-refractivity contribution in [1.29, 1.82) is 0 Å². The van der Waals surface area contributed by atoms with E-state index >= 15 is 0 Å². The van der Waals surface area contributed by atoms with Crippen molar-refractivity contribution in [3.8, 4) is 0 Å². The molecule has 2 N–H and O–H groups in total. The van der Waals surface area contributed by atoms with Gasteiger partial charge < -0.3 is 10.5 Å². The van der Waals surface area contributed by atoms with Crippen LogP contribution in [0.3, 0.4) is 0 Å². The average Bonchev–Trinajstić information content (AvgIpc) is 2.66. The zero-order chi connectivity index (χ0) is 10.6.